The van der Waals surface area contributed by atoms with Gasteiger partial charge in [0.25, 0.3) is 5.70 Å². The van der Waals surface area contributed by atoms with Crippen molar-refractivity contribution in [3.63, 3.8) is 0 Å². The zero-order valence-electron chi connectivity index (χ0n) is 12.0. The maximum atomic E-state index is 12.7. The monoisotopic (exact) mass is 298 g/mol. The smallest absolute Gasteiger partial charge is 0.226 e. The molecule has 1 aliphatic heterocycles. The fourth-order valence-corrected chi connectivity index (χ4v) is 4.16. The van der Waals surface area contributed by atoms with Crippen LogP contribution < -0.4 is 0 Å². The second-order valence-corrected chi connectivity index (χ2v) is 7.71. The van der Waals surface area contributed by atoms with Gasteiger partial charge in [-0.1, -0.05) is 45.0 Å². The minimum atomic E-state index is -3.69. The molecule has 0 aromatic heterocycles. The molecule has 0 bridgehead atoms. The van der Waals surface area contributed by atoms with Crippen LogP contribution in [0.2, 0.25) is 0 Å². The van der Waals surface area contributed by atoms with E-state index in [9.17, 15) is 8.42 Å². The molecule has 1 heterocycles. The molecule has 4 nitrogen and oxygen atoms in total. The molecule has 0 atom stereocenters. The molecular formula is C16H14N2O2S. The van der Waals surface area contributed by atoms with Crippen LogP contribution in [0, 0.1) is 23.3 Å². The lowest BCUT2D eigenvalue weighted by Gasteiger charge is -2.14. The third-order valence-corrected chi connectivity index (χ3v) is 4.84. The van der Waals surface area contributed by atoms with Crippen molar-refractivity contribution in [2.24, 2.45) is 5.41 Å². The van der Waals surface area contributed by atoms with Gasteiger partial charge in [-0.3, -0.25) is 0 Å². The summed E-state index contributed by atoms with van der Waals surface area (Å²) in [5, 5.41) is 9.15. The Bertz CT molecular complexity index is 839. The summed E-state index contributed by atoms with van der Waals surface area (Å²) in [6, 6.07) is 8.29. The molecule has 1 aliphatic rings. The van der Waals surface area contributed by atoms with E-state index in [4.69, 9.17) is 11.8 Å². The van der Waals surface area contributed by atoms with Crippen molar-refractivity contribution in [3.05, 3.63) is 57.9 Å². The molecule has 5 heteroatoms. The van der Waals surface area contributed by atoms with Gasteiger partial charge in [0.2, 0.25) is 9.84 Å². The Morgan fingerprint density at radius 3 is 2.48 bits per heavy atom. The summed E-state index contributed by atoms with van der Waals surface area (Å²) < 4.78 is 25.4. The fourth-order valence-electron chi connectivity index (χ4n) is 2.22. The minimum Gasteiger partial charge on any atom is -0.226 e. The highest BCUT2D eigenvalue weighted by Crippen LogP contribution is 2.46. The van der Waals surface area contributed by atoms with Crippen molar-refractivity contribution >= 4 is 15.4 Å². The number of fused-ring (bicyclic) bond motifs is 1. The van der Waals surface area contributed by atoms with Crippen molar-refractivity contribution in [3.8, 4) is 6.07 Å². The van der Waals surface area contributed by atoms with Gasteiger partial charge in [-0.05, 0) is 17.0 Å². The van der Waals surface area contributed by atoms with E-state index < -0.39 is 15.3 Å². The van der Waals surface area contributed by atoms with Crippen LogP contribution in [0.1, 0.15) is 26.3 Å². The van der Waals surface area contributed by atoms with Crippen LogP contribution in [0.4, 0.5) is 0 Å². The number of sulfone groups is 1. The first-order valence-corrected chi connectivity index (χ1v) is 7.80. The SMILES string of the molecule is [C-]#[N+]C(C#N)=C1/C(=C/C(C)(C)C)S(=O)(=O)c2ccccc21. The number of hydrogen-bond donors (Lipinski definition) is 0. The van der Waals surface area contributed by atoms with E-state index >= 15 is 0 Å². The molecule has 0 radical (unpaired) electrons. The normalized spacial score (nSPS) is 20.5. The second-order valence-electron chi connectivity index (χ2n) is 5.82. The Labute approximate surface area is 124 Å². The molecule has 1 aromatic rings. The quantitative estimate of drug-likeness (QED) is 0.543. The maximum absolute atomic E-state index is 12.7. The Balaban J connectivity index is 2.97. The molecule has 0 saturated heterocycles. The highest BCUT2D eigenvalue weighted by atomic mass is 32.2. The lowest BCUT2D eigenvalue weighted by Crippen LogP contribution is -2.06. The van der Waals surface area contributed by atoms with Gasteiger partial charge >= 0.3 is 0 Å². The van der Waals surface area contributed by atoms with Crippen molar-refractivity contribution < 1.29 is 8.42 Å². The summed E-state index contributed by atoms with van der Waals surface area (Å²) in [6.45, 7) is 12.8. The zero-order valence-corrected chi connectivity index (χ0v) is 12.8. The van der Waals surface area contributed by atoms with E-state index in [-0.39, 0.29) is 21.1 Å². The third-order valence-electron chi connectivity index (χ3n) is 3.00. The Morgan fingerprint density at radius 1 is 1.33 bits per heavy atom. The number of benzene rings is 1. The first-order valence-electron chi connectivity index (χ1n) is 6.32. The van der Waals surface area contributed by atoms with Gasteiger partial charge in [0.05, 0.1) is 22.4 Å². The predicted octanol–water partition coefficient (Wildman–Crippen LogP) is 3.56. The van der Waals surface area contributed by atoms with Crippen LogP contribution in [0.3, 0.4) is 0 Å². The summed E-state index contributed by atoms with van der Waals surface area (Å²) in [5.41, 5.74) is 0.0655. The number of nitriles is 1. The van der Waals surface area contributed by atoms with Gasteiger partial charge in [0.1, 0.15) is 0 Å². The van der Waals surface area contributed by atoms with Crippen molar-refractivity contribution in [1.29, 1.82) is 5.26 Å². The van der Waals surface area contributed by atoms with Crippen LogP contribution in [-0.4, -0.2) is 8.42 Å². The molecule has 0 fully saturated rings. The molecule has 106 valence electrons. The number of rotatable bonds is 0. The second kappa shape index (κ2) is 4.87. The minimum absolute atomic E-state index is 0.0590. The van der Waals surface area contributed by atoms with Crippen LogP contribution in [0.5, 0.6) is 0 Å². The summed E-state index contributed by atoms with van der Waals surface area (Å²) in [6.07, 6.45) is 1.61. The number of allylic oxidation sites excluding steroid dienone is 3. The van der Waals surface area contributed by atoms with Crippen molar-refractivity contribution in [1.82, 2.24) is 0 Å². The topological polar surface area (TPSA) is 62.3 Å². The number of nitrogens with zero attached hydrogens (tertiary/aromatic N) is 2. The van der Waals surface area contributed by atoms with E-state index in [2.05, 4.69) is 4.85 Å². The first kappa shape index (κ1) is 15.0. The molecule has 0 unspecified atom stereocenters. The molecule has 0 amide bonds. The van der Waals surface area contributed by atoms with Crippen LogP contribution in [0.25, 0.3) is 10.4 Å². The van der Waals surface area contributed by atoms with Gasteiger partial charge < -0.3 is 0 Å². The summed E-state index contributed by atoms with van der Waals surface area (Å²) in [7, 11) is -3.69. The highest BCUT2D eigenvalue weighted by Gasteiger charge is 2.38. The molecule has 21 heavy (non-hydrogen) atoms. The van der Waals surface area contributed by atoms with E-state index in [1.165, 1.54) is 6.07 Å². The van der Waals surface area contributed by atoms with Crippen LogP contribution >= 0.6 is 0 Å². The molecule has 1 aromatic carbocycles. The van der Waals surface area contributed by atoms with E-state index in [0.29, 0.717) is 5.56 Å². The molecule has 0 saturated carbocycles. The first-order chi connectivity index (χ1) is 9.72. The summed E-state index contributed by atoms with van der Waals surface area (Å²) >= 11 is 0. The molecular weight excluding hydrogens is 284 g/mol. The average molecular weight is 298 g/mol. The fraction of sp³-hybridized carbons (Fsp3) is 0.250. The largest absolute Gasteiger partial charge is 0.270 e. The predicted molar refractivity (Wildman–Crippen MR) is 80.3 cm³/mol. The van der Waals surface area contributed by atoms with Crippen molar-refractivity contribution in [2.75, 3.05) is 0 Å². The summed E-state index contributed by atoms with van der Waals surface area (Å²) in [4.78, 5) is 3.41. The molecule has 0 N–H and O–H groups in total. The van der Waals surface area contributed by atoms with E-state index in [1.807, 2.05) is 26.8 Å². The van der Waals surface area contributed by atoms with Gasteiger partial charge in [-0.2, -0.15) is 0 Å². The lowest BCUT2D eigenvalue weighted by atomic mass is 9.93. The highest BCUT2D eigenvalue weighted by molar-refractivity contribution is 7.96. The van der Waals surface area contributed by atoms with E-state index in [1.54, 1.807) is 24.3 Å². The number of hydrogen-bond acceptors (Lipinski definition) is 3. The average Bonchev–Trinajstić information content (AvgIpc) is 2.61. The lowest BCUT2D eigenvalue weighted by molar-refractivity contribution is 0.541. The van der Waals surface area contributed by atoms with Gasteiger partial charge in [0.15, 0.2) is 0 Å². The van der Waals surface area contributed by atoms with Crippen LogP contribution in [0.15, 0.2) is 45.8 Å². The Morgan fingerprint density at radius 2 is 1.95 bits per heavy atom. The van der Waals surface area contributed by atoms with Gasteiger partial charge in [-0.25, -0.2) is 18.5 Å². The zero-order chi connectivity index (χ0) is 15.8. The molecule has 0 aliphatic carbocycles. The third kappa shape index (κ3) is 2.49. The van der Waals surface area contributed by atoms with Gasteiger partial charge in [0, 0.05) is 5.57 Å². The Kier molecular flexibility index (Phi) is 3.49. The standard InChI is InChI=1S/C16H14N2O2S/c1-16(2,3)9-14-15(12(10-17)18-4)11-7-5-6-8-13(11)21(14,19)20/h5-9H,1-3H3/b14-9-,15-12?. The molecule has 0 spiro atoms. The maximum Gasteiger partial charge on any atom is 0.270 e. The van der Waals surface area contributed by atoms with E-state index in [0.717, 1.165) is 0 Å². The van der Waals surface area contributed by atoms with Crippen LogP contribution in [-0.2, 0) is 9.84 Å². The van der Waals surface area contributed by atoms with Crippen molar-refractivity contribution in [2.45, 2.75) is 25.7 Å². The molecule has 2 rings (SSSR count). The Hall–Kier alpha value is -2.37. The summed E-state index contributed by atoms with van der Waals surface area (Å²) in [5.74, 6) is 0. The van der Waals surface area contributed by atoms with Gasteiger partial charge in [-0.15, -0.1) is 0 Å².